The lowest BCUT2D eigenvalue weighted by atomic mass is 10.1. The predicted molar refractivity (Wildman–Crippen MR) is 105 cm³/mol. The summed E-state index contributed by atoms with van der Waals surface area (Å²) in [4.78, 5) is 29.3. The maximum Gasteiger partial charge on any atom is 0.264 e. The predicted octanol–water partition coefficient (Wildman–Crippen LogP) is 2.58. The Hall–Kier alpha value is -3.03. The number of nitrogens with one attached hydrogen (secondary N) is 1. The van der Waals surface area contributed by atoms with Crippen LogP contribution in [0.1, 0.15) is 32.5 Å². The highest BCUT2D eigenvalue weighted by atomic mass is 19.1. The van der Waals surface area contributed by atoms with Gasteiger partial charge in [-0.05, 0) is 43.5 Å². The van der Waals surface area contributed by atoms with Gasteiger partial charge >= 0.3 is 0 Å². The van der Waals surface area contributed by atoms with Gasteiger partial charge in [0.25, 0.3) is 5.56 Å². The second-order valence-corrected chi connectivity index (χ2v) is 7.17. The molecule has 2 aromatic heterocycles. The highest BCUT2D eigenvalue weighted by Crippen LogP contribution is 2.15. The summed E-state index contributed by atoms with van der Waals surface area (Å²) >= 11 is 0. The third kappa shape index (κ3) is 4.27. The van der Waals surface area contributed by atoms with Crippen molar-refractivity contribution in [1.82, 2.24) is 24.6 Å². The van der Waals surface area contributed by atoms with Gasteiger partial charge in [-0.3, -0.25) is 14.2 Å². The number of hydrogen-bond donors (Lipinski definition) is 1. The molecular formula is C20H24FN5O2. The minimum atomic E-state index is -0.349. The molecule has 1 aromatic carbocycles. The smallest absolute Gasteiger partial charge is 0.264 e. The van der Waals surface area contributed by atoms with Gasteiger partial charge in [-0.25, -0.2) is 14.1 Å². The van der Waals surface area contributed by atoms with E-state index in [0.717, 1.165) is 6.42 Å². The average Bonchev–Trinajstić information content (AvgIpc) is 3.05. The molecule has 0 saturated carbocycles. The second kappa shape index (κ2) is 8.33. The summed E-state index contributed by atoms with van der Waals surface area (Å²) in [5.74, 6) is 0.582. The molecule has 148 valence electrons. The molecule has 0 saturated heterocycles. The Kier molecular flexibility index (Phi) is 5.87. The van der Waals surface area contributed by atoms with Gasteiger partial charge in [0.1, 0.15) is 17.0 Å². The van der Waals surface area contributed by atoms with E-state index in [1.54, 1.807) is 19.1 Å². The van der Waals surface area contributed by atoms with E-state index in [4.69, 9.17) is 0 Å². The fourth-order valence-corrected chi connectivity index (χ4v) is 2.94. The lowest BCUT2D eigenvalue weighted by Gasteiger charge is -2.11. The summed E-state index contributed by atoms with van der Waals surface area (Å²) < 4.78 is 16.2. The molecule has 1 N–H and O–H groups in total. The highest BCUT2D eigenvalue weighted by Gasteiger charge is 2.15. The third-order valence-corrected chi connectivity index (χ3v) is 4.56. The van der Waals surface area contributed by atoms with Crippen LogP contribution in [0.3, 0.4) is 0 Å². The minimum Gasteiger partial charge on any atom is -0.356 e. The fraction of sp³-hybridized carbons (Fsp3) is 0.400. The molecule has 28 heavy (non-hydrogen) atoms. The maximum atomic E-state index is 13.2. The van der Waals surface area contributed by atoms with Gasteiger partial charge in [0.05, 0.1) is 11.9 Å². The highest BCUT2D eigenvalue weighted by molar-refractivity contribution is 5.76. The molecular weight excluding hydrogens is 361 g/mol. The van der Waals surface area contributed by atoms with Crippen molar-refractivity contribution in [2.45, 2.75) is 40.2 Å². The number of amides is 1. The van der Waals surface area contributed by atoms with Crippen LogP contribution in [0, 0.1) is 18.7 Å². The first-order chi connectivity index (χ1) is 13.4. The molecule has 0 fully saturated rings. The lowest BCUT2D eigenvalue weighted by Crippen LogP contribution is -2.30. The standard InChI is InChI=1S/C20H24FN5O2/c1-13(2)8-10-22-18(27)9-11-25-14(3)24-19-17(20(25)28)12-23-26(19)16-6-4-15(21)5-7-16/h4-7,12-13H,8-11H2,1-3H3,(H,22,27). The van der Waals surface area contributed by atoms with Crippen LogP contribution in [0.15, 0.2) is 35.3 Å². The van der Waals surface area contributed by atoms with Gasteiger partial charge in [-0.15, -0.1) is 0 Å². The number of carbonyl (C=O) groups is 1. The van der Waals surface area contributed by atoms with Gasteiger partial charge < -0.3 is 5.32 Å². The van der Waals surface area contributed by atoms with Gasteiger partial charge in [0.15, 0.2) is 5.65 Å². The molecule has 3 rings (SSSR count). The number of halogens is 1. The number of benzene rings is 1. The van der Waals surface area contributed by atoms with Crippen molar-refractivity contribution < 1.29 is 9.18 Å². The van der Waals surface area contributed by atoms with E-state index in [0.29, 0.717) is 35.0 Å². The van der Waals surface area contributed by atoms with Crippen LogP contribution in [0.2, 0.25) is 0 Å². The molecule has 0 unspecified atom stereocenters. The van der Waals surface area contributed by atoms with E-state index in [9.17, 15) is 14.0 Å². The Labute approximate surface area is 162 Å². The van der Waals surface area contributed by atoms with Gasteiger partial charge in [-0.1, -0.05) is 13.8 Å². The minimum absolute atomic E-state index is 0.0888. The first kappa shape index (κ1) is 19.7. The summed E-state index contributed by atoms with van der Waals surface area (Å²) in [7, 11) is 0. The number of aryl methyl sites for hydroxylation is 1. The molecule has 0 spiro atoms. The van der Waals surface area contributed by atoms with Gasteiger partial charge in [-0.2, -0.15) is 5.10 Å². The van der Waals surface area contributed by atoms with Crippen molar-refractivity contribution in [2.24, 2.45) is 5.92 Å². The molecule has 1 amide bonds. The van der Waals surface area contributed by atoms with Crippen molar-refractivity contribution in [3.63, 3.8) is 0 Å². The monoisotopic (exact) mass is 385 g/mol. The zero-order valence-corrected chi connectivity index (χ0v) is 16.3. The van der Waals surface area contributed by atoms with E-state index in [-0.39, 0.29) is 30.2 Å². The molecule has 0 aliphatic heterocycles. The van der Waals surface area contributed by atoms with Gasteiger partial charge in [0, 0.05) is 19.5 Å². The van der Waals surface area contributed by atoms with Crippen molar-refractivity contribution in [3.05, 3.63) is 52.5 Å². The van der Waals surface area contributed by atoms with Crippen LogP contribution >= 0.6 is 0 Å². The van der Waals surface area contributed by atoms with E-state index in [1.807, 2.05) is 0 Å². The first-order valence-corrected chi connectivity index (χ1v) is 9.34. The molecule has 2 heterocycles. The molecule has 0 atom stereocenters. The van der Waals surface area contributed by atoms with Crippen molar-refractivity contribution in [2.75, 3.05) is 6.54 Å². The summed E-state index contributed by atoms with van der Waals surface area (Å²) in [6.45, 7) is 6.80. The quantitative estimate of drug-likeness (QED) is 0.678. The van der Waals surface area contributed by atoms with Crippen molar-refractivity contribution in [3.8, 4) is 5.69 Å². The second-order valence-electron chi connectivity index (χ2n) is 7.17. The van der Waals surface area contributed by atoms with E-state index in [2.05, 4.69) is 29.2 Å². The Bertz CT molecular complexity index is 1040. The van der Waals surface area contributed by atoms with Crippen molar-refractivity contribution >= 4 is 16.9 Å². The van der Waals surface area contributed by atoms with E-state index >= 15 is 0 Å². The molecule has 0 bridgehead atoms. The van der Waals surface area contributed by atoms with E-state index < -0.39 is 0 Å². The topological polar surface area (TPSA) is 81.8 Å². The number of carbonyl (C=O) groups excluding carboxylic acids is 1. The Morgan fingerprint density at radius 1 is 1.25 bits per heavy atom. The number of fused-ring (bicyclic) bond motifs is 1. The lowest BCUT2D eigenvalue weighted by molar-refractivity contribution is -0.121. The van der Waals surface area contributed by atoms with Crippen LogP contribution in [-0.2, 0) is 11.3 Å². The van der Waals surface area contributed by atoms with Crippen LogP contribution in [0.5, 0.6) is 0 Å². The maximum absolute atomic E-state index is 13.2. The molecule has 0 aliphatic carbocycles. The number of hydrogen-bond acceptors (Lipinski definition) is 4. The summed E-state index contributed by atoms with van der Waals surface area (Å²) in [5.41, 5.74) is 0.780. The number of aromatic nitrogens is 4. The van der Waals surface area contributed by atoms with Gasteiger partial charge in [0.2, 0.25) is 5.91 Å². The van der Waals surface area contributed by atoms with E-state index in [1.165, 1.54) is 27.6 Å². The summed E-state index contributed by atoms with van der Waals surface area (Å²) in [6.07, 6.45) is 2.58. The molecule has 0 aliphatic rings. The Morgan fingerprint density at radius 3 is 2.64 bits per heavy atom. The van der Waals surface area contributed by atoms with Crippen LogP contribution in [0.25, 0.3) is 16.7 Å². The molecule has 3 aromatic rings. The fourth-order valence-electron chi connectivity index (χ4n) is 2.94. The summed E-state index contributed by atoms with van der Waals surface area (Å²) in [6, 6.07) is 5.81. The first-order valence-electron chi connectivity index (χ1n) is 9.34. The van der Waals surface area contributed by atoms with Crippen LogP contribution in [0.4, 0.5) is 4.39 Å². The molecule has 0 radical (unpaired) electrons. The number of nitrogens with zero attached hydrogens (tertiary/aromatic N) is 4. The van der Waals surface area contributed by atoms with Crippen LogP contribution in [-0.4, -0.2) is 31.8 Å². The van der Waals surface area contributed by atoms with Crippen molar-refractivity contribution in [1.29, 1.82) is 0 Å². The Balaban J connectivity index is 1.81. The normalized spacial score (nSPS) is 11.3. The largest absolute Gasteiger partial charge is 0.356 e. The summed E-state index contributed by atoms with van der Waals surface area (Å²) in [5, 5.41) is 7.45. The SMILES string of the molecule is Cc1nc2c(cnn2-c2ccc(F)cc2)c(=O)n1CCC(=O)NCCC(C)C. The molecule has 8 heteroatoms. The number of rotatable bonds is 7. The van der Waals surface area contributed by atoms with Crippen LogP contribution < -0.4 is 10.9 Å². The zero-order chi connectivity index (χ0) is 20.3. The molecule has 7 nitrogen and oxygen atoms in total. The average molecular weight is 385 g/mol. The Morgan fingerprint density at radius 2 is 1.96 bits per heavy atom. The third-order valence-electron chi connectivity index (χ3n) is 4.56. The zero-order valence-electron chi connectivity index (χ0n) is 16.3.